The van der Waals surface area contributed by atoms with Crippen molar-refractivity contribution in [3.05, 3.63) is 48.0 Å². The summed E-state index contributed by atoms with van der Waals surface area (Å²) in [6.07, 6.45) is 2.87. The third-order valence-corrected chi connectivity index (χ3v) is 6.85. The van der Waals surface area contributed by atoms with Gasteiger partial charge < -0.3 is 10.0 Å². The molecule has 2 fully saturated rings. The fourth-order valence-electron chi connectivity index (χ4n) is 5.21. The number of hydrogen-bond donors (Lipinski definition) is 3. The third kappa shape index (κ3) is 4.90. The van der Waals surface area contributed by atoms with Crippen molar-refractivity contribution in [2.75, 3.05) is 20.2 Å². The van der Waals surface area contributed by atoms with Crippen LogP contribution in [-0.4, -0.2) is 71.3 Å². The number of piperazine rings is 1. The Morgan fingerprint density at radius 1 is 1.00 bits per heavy atom. The molecule has 4 atom stereocenters. The summed E-state index contributed by atoms with van der Waals surface area (Å²) in [4.78, 5) is 29.1. The van der Waals surface area contributed by atoms with Crippen LogP contribution in [0.4, 0.5) is 4.79 Å². The van der Waals surface area contributed by atoms with Gasteiger partial charge in [0, 0.05) is 32.3 Å². The first kappa shape index (κ1) is 23.7. The van der Waals surface area contributed by atoms with Crippen molar-refractivity contribution in [3.8, 4) is 0 Å². The van der Waals surface area contributed by atoms with Gasteiger partial charge in [-0.05, 0) is 47.9 Å². The van der Waals surface area contributed by atoms with E-state index >= 15 is 0 Å². The number of benzene rings is 2. The molecule has 2 heterocycles. The molecule has 33 heavy (non-hydrogen) atoms. The number of aliphatic hydroxyl groups excluding tert-OH is 1. The van der Waals surface area contributed by atoms with Crippen molar-refractivity contribution in [3.63, 3.8) is 0 Å². The molecule has 7 heteroatoms. The van der Waals surface area contributed by atoms with Crippen LogP contribution in [0.15, 0.2) is 42.5 Å². The van der Waals surface area contributed by atoms with Crippen LogP contribution in [0.25, 0.3) is 10.8 Å². The van der Waals surface area contributed by atoms with Crippen LogP contribution in [0.2, 0.25) is 0 Å². The molecule has 4 unspecified atom stereocenters. The number of fused-ring (bicyclic) bond motifs is 2. The molecule has 0 radical (unpaired) electrons. The summed E-state index contributed by atoms with van der Waals surface area (Å²) in [5.41, 5.74) is 1.25. The van der Waals surface area contributed by atoms with Gasteiger partial charge >= 0.3 is 6.03 Å². The molecule has 0 saturated carbocycles. The molecule has 0 spiro atoms. The zero-order valence-corrected chi connectivity index (χ0v) is 19.8. The number of aliphatic hydroxyl groups is 1. The normalized spacial score (nSPS) is 25.7. The number of urea groups is 1. The Balaban J connectivity index is 1.64. The lowest BCUT2D eigenvalue weighted by Crippen LogP contribution is -2.78. The summed E-state index contributed by atoms with van der Waals surface area (Å²) in [6, 6.07) is 14.2. The summed E-state index contributed by atoms with van der Waals surface area (Å²) in [5, 5.41) is 19.0. The van der Waals surface area contributed by atoms with E-state index in [1.807, 2.05) is 11.0 Å². The highest BCUT2D eigenvalue weighted by Crippen LogP contribution is 2.27. The van der Waals surface area contributed by atoms with E-state index in [9.17, 15) is 14.7 Å². The summed E-state index contributed by atoms with van der Waals surface area (Å²) in [5.74, 6) is 0.102. The van der Waals surface area contributed by atoms with E-state index in [4.69, 9.17) is 0 Å². The fraction of sp³-hybridized carbons (Fsp3) is 0.538. The summed E-state index contributed by atoms with van der Waals surface area (Å²) in [7, 11) is 1.57. The average Bonchev–Trinajstić information content (AvgIpc) is 2.81. The molecule has 0 bridgehead atoms. The molecule has 178 valence electrons. The molecule has 3 amide bonds. The predicted octanol–water partition coefficient (Wildman–Crippen LogP) is 2.72. The maximum atomic E-state index is 13.1. The van der Waals surface area contributed by atoms with Crippen LogP contribution in [0.1, 0.15) is 38.7 Å². The van der Waals surface area contributed by atoms with Gasteiger partial charge in [0.1, 0.15) is 12.2 Å². The first-order valence-corrected chi connectivity index (χ1v) is 12.1. The van der Waals surface area contributed by atoms with Gasteiger partial charge in [0.25, 0.3) is 5.91 Å². The molecule has 2 aromatic carbocycles. The Labute approximate surface area is 196 Å². The van der Waals surface area contributed by atoms with Gasteiger partial charge in [0.2, 0.25) is 0 Å². The van der Waals surface area contributed by atoms with Crippen molar-refractivity contribution in [1.29, 1.82) is 0 Å². The Bertz CT molecular complexity index is 989. The Hall–Kier alpha value is -2.48. The van der Waals surface area contributed by atoms with Crippen LogP contribution in [0, 0.1) is 5.92 Å². The van der Waals surface area contributed by atoms with E-state index in [2.05, 4.69) is 60.9 Å². The van der Waals surface area contributed by atoms with Crippen LogP contribution in [0.3, 0.4) is 0 Å². The standard InChI is InChI=1S/C26H36N4O3/c1-17(2)16-30-24-23(25(32)29(3)26(30)33)27-21(13-6-7-14-31)22(28-24)15-19-11-8-10-18-9-4-5-12-20(18)19/h4-5,8-12,17,21-24,27-28,31H,6-7,13-16H2,1-3H3. The minimum absolute atomic E-state index is 0.0504. The molecular formula is C26H36N4O3. The van der Waals surface area contributed by atoms with E-state index in [0.29, 0.717) is 6.54 Å². The maximum absolute atomic E-state index is 13.1. The van der Waals surface area contributed by atoms with Gasteiger partial charge in [0.05, 0.1) is 0 Å². The van der Waals surface area contributed by atoms with Crippen molar-refractivity contribution in [2.45, 2.75) is 63.8 Å². The van der Waals surface area contributed by atoms with Gasteiger partial charge in [-0.25, -0.2) is 4.79 Å². The third-order valence-electron chi connectivity index (χ3n) is 6.85. The van der Waals surface area contributed by atoms with Gasteiger partial charge in [-0.15, -0.1) is 0 Å². The smallest absolute Gasteiger partial charge is 0.327 e. The topological polar surface area (TPSA) is 84.9 Å². The molecule has 4 rings (SSSR count). The molecule has 2 saturated heterocycles. The van der Waals surface area contributed by atoms with Crippen LogP contribution in [0.5, 0.6) is 0 Å². The predicted molar refractivity (Wildman–Crippen MR) is 130 cm³/mol. The SMILES string of the molecule is CC(C)CN1C(=O)N(C)C(=O)C2NC(CCCCO)C(Cc3cccc4ccccc34)NC21. The lowest BCUT2D eigenvalue weighted by molar-refractivity contribution is -0.137. The van der Waals surface area contributed by atoms with E-state index in [0.717, 1.165) is 25.7 Å². The van der Waals surface area contributed by atoms with E-state index in [1.165, 1.54) is 21.2 Å². The van der Waals surface area contributed by atoms with Gasteiger partial charge in [-0.2, -0.15) is 0 Å². The molecule has 7 nitrogen and oxygen atoms in total. The average molecular weight is 453 g/mol. The fourth-order valence-corrected chi connectivity index (χ4v) is 5.21. The minimum atomic E-state index is -0.477. The number of carbonyl (C=O) groups is 2. The summed E-state index contributed by atoms with van der Waals surface area (Å²) < 4.78 is 0. The highest BCUT2D eigenvalue weighted by molar-refractivity contribution is 6.00. The van der Waals surface area contributed by atoms with Crippen molar-refractivity contribution in [2.24, 2.45) is 5.92 Å². The molecular weight excluding hydrogens is 416 g/mol. The van der Waals surface area contributed by atoms with Crippen LogP contribution < -0.4 is 10.6 Å². The Morgan fingerprint density at radius 3 is 2.52 bits per heavy atom. The number of unbranched alkanes of at least 4 members (excludes halogenated alkanes) is 1. The lowest BCUT2D eigenvalue weighted by Gasteiger charge is -2.51. The van der Waals surface area contributed by atoms with Crippen molar-refractivity contribution < 1.29 is 14.7 Å². The van der Waals surface area contributed by atoms with Gasteiger partial charge in [-0.3, -0.25) is 20.3 Å². The first-order chi connectivity index (χ1) is 15.9. The second-order valence-corrected chi connectivity index (χ2v) is 9.76. The second-order valence-electron chi connectivity index (χ2n) is 9.76. The molecule has 2 aliphatic rings. The zero-order valence-electron chi connectivity index (χ0n) is 19.8. The van der Waals surface area contributed by atoms with Gasteiger partial charge in [-0.1, -0.05) is 56.3 Å². The number of nitrogens with zero attached hydrogens (tertiary/aromatic N) is 2. The number of amides is 3. The van der Waals surface area contributed by atoms with Gasteiger partial charge in [0.15, 0.2) is 0 Å². The van der Waals surface area contributed by atoms with E-state index in [1.54, 1.807) is 7.05 Å². The summed E-state index contributed by atoms with van der Waals surface area (Å²) in [6.45, 7) is 4.92. The number of imide groups is 1. The van der Waals surface area contributed by atoms with Crippen molar-refractivity contribution >= 4 is 22.7 Å². The van der Waals surface area contributed by atoms with E-state index < -0.39 is 6.04 Å². The monoisotopic (exact) mass is 452 g/mol. The zero-order chi connectivity index (χ0) is 23.5. The van der Waals surface area contributed by atoms with E-state index in [-0.39, 0.29) is 42.7 Å². The largest absolute Gasteiger partial charge is 0.396 e. The number of nitrogens with one attached hydrogen (secondary N) is 2. The number of rotatable bonds is 8. The number of hydrogen-bond acceptors (Lipinski definition) is 5. The Kier molecular flexibility index (Phi) is 7.32. The molecule has 0 aliphatic carbocycles. The van der Waals surface area contributed by atoms with Crippen molar-refractivity contribution in [1.82, 2.24) is 20.4 Å². The minimum Gasteiger partial charge on any atom is -0.396 e. The summed E-state index contributed by atoms with van der Waals surface area (Å²) >= 11 is 0. The molecule has 2 aromatic rings. The number of likely N-dealkylation sites (N-methyl/N-ethyl adjacent to an activating group) is 1. The Morgan fingerprint density at radius 2 is 1.76 bits per heavy atom. The lowest BCUT2D eigenvalue weighted by atomic mass is 9.88. The van der Waals surface area contributed by atoms with Crippen LogP contribution in [-0.2, 0) is 11.2 Å². The van der Waals surface area contributed by atoms with Crippen LogP contribution >= 0.6 is 0 Å². The highest BCUT2D eigenvalue weighted by Gasteiger charge is 2.49. The highest BCUT2D eigenvalue weighted by atomic mass is 16.3. The first-order valence-electron chi connectivity index (χ1n) is 12.1. The quantitative estimate of drug-likeness (QED) is 0.537. The second kappa shape index (κ2) is 10.2. The maximum Gasteiger partial charge on any atom is 0.327 e. The molecule has 0 aromatic heterocycles. The molecule has 2 aliphatic heterocycles. The number of carbonyl (C=O) groups excluding carboxylic acids is 2. The molecule has 3 N–H and O–H groups in total.